The molecule has 4 nitrogen and oxygen atoms in total. The molecule has 0 amide bonds. The van der Waals surface area contributed by atoms with Gasteiger partial charge in [0.1, 0.15) is 11.5 Å². The SMILES string of the molecule is COc1cc(-c2ccc(N)cc2)c(OC)cc1N. The van der Waals surface area contributed by atoms with E-state index in [-0.39, 0.29) is 0 Å². The summed E-state index contributed by atoms with van der Waals surface area (Å²) < 4.78 is 10.6. The maximum absolute atomic E-state index is 5.85. The Bertz CT molecular complexity index is 550. The van der Waals surface area contributed by atoms with Gasteiger partial charge in [-0.25, -0.2) is 0 Å². The van der Waals surface area contributed by atoms with Crippen LogP contribution in [0.15, 0.2) is 36.4 Å². The number of benzene rings is 2. The largest absolute Gasteiger partial charge is 0.496 e. The van der Waals surface area contributed by atoms with Crippen molar-refractivity contribution in [3.8, 4) is 22.6 Å². The first-order chi connectivity index (χ1) is 8.65. The summed E-state index contributed by atoms with van der Waals surface area (Å²) in [5, 5.41) is 0. The average Bonchev–Trinajstić information content (AvgIpc) is 2.39. The summed E-state index contributed by atoms with van der Waals surface area (Å²) >= 11 is 0. The summed E-state index contributed by atoms with van der Waals surface area (Å²) in [6, 6.07) is 11.2. The van der Waals surface area contributed by atoms with E-state index in [1.807, 2.05) is 30.3 Å². The Kier molecular flexibility index (Phi) is 3.28. The molecule has 94 valence electrons. The van der Waals surface area contributed by atoms with Crippen molar-refractivity contribution in [2.45, 2.75) is 0 Å². The standard InChI is InChI=1S/C14H16N2O2/c1-17-13-8-12(16)14(18-2)7-11(13)9-3-5-10(15)6-4-9/h3-8H,15-16H2,1-2H3. The van der Waals surface area contributed by atoms with E-state index in [1.165, 1.54) is 0 Å². The Hall–Kier alpha value is -2.36. The highest BCUT2D eigenvalue weighted by Gasteiger charge is 2.10. The second-order valence-corrected chi connectivity index (χ2v) is 3.92. The lowest BCUT2D eigenvalue weighted by molar-refractivity contribution is 0.406. The minimum Gasteiger partial charge on any atom is -0.496 e. The van der Waals surface area contributed by atoms with Gasteiger partial charge >= 0.3 is 0 Å². The minimum atomic E-state index is 0.550. The number of hydrogen-bond donors (Lipinski definition) is 2. The smallest absolute Gasteiger partial charge is 0.142 e. The lowest BCUT2D eigenvalue weighted by Gasteiger charge is -2.13. The number of methoxy groups -OCH3 is 2. The molecule has 4 N–H and O–H groups in total. The van der Waals surface area contributed by atoms with E-state index in [1.54, 1.807) is 20.3 Å². The fraction of sp³-hybridized carbons (Fsp3) is 0.143. The van der Waals surface area contributed by atoms with Crippen LogP contribution >= 0.6 is 0 Å². The van der Waals surface area contributed by atoms with Crippen LogP contribution in [0.1, 0.15) is 0 Å². The first-order valence-corrected chi connectivity index (χ1v) is 5.53. The monoisotopic (exact) mass is 244 g/mol. The van der Waals surface area contributed by atoms with Crippen molar-refractivity contribution < 1.29 is 9.47 Å². The molecule has 2 aromatic rings. The summed E-state index contributed by atoms with van der Waals surface area (Å²) in [4.78, 5) is 0. The maximum Gasteiger partial charge on any atom is 0.142 e. The Morgan fingerprint density at radius 3 is 2.00 bits per heavy atom. The molecule has 0 heterocycles. The highest BCUT2D eigenvalue weighted by molar-refractivity contribution is 5.77. The van der Waals surface area contributed by atoms with Crippen molar-refractivity contribution in [2.24, 2.45) is 0 Å². The molecule has 0 atom stereocenters. The average molecular weight is 244 g/mol. The summed E-state index contributed by atoms with van der Waals surface area (Å²) in [6.45, 7) is 0. The molecular formula is C14H16N2O2. The van der Waals surface area contributed by atoms with Crippen LogP contribution in [0, 0.1) is 0 Å². The van der Waals surface area contributed by atoms with Crippen LogP contribution in [0.4, 0.5) is 11.4 Å². The Balaban J connectivity index is 2.57. The second-order valence-electron chi connectivity index (χ2n) is 3.92. The van der Waals surface area contributed by atoms with E-state index in [0.717, 1.165) is 16.8 Å². The van der Waals surface area contributed by atoms with E-state index < -0.39 is 0 Å². The Morgan fingerprint density at radius 1 is 0.833 bits per heavy atom. The molecule has 2 rings (SSSR count). The van der Waals surface area contributed by atoms with Gasteiger partial charge in [-0.2, -0.15) is 0 Å². The fourth-order valence-corrected chi connectivity index (χ4v) is 1.81. The number of anilines is 2. The highest BCUT2D eigenvalue weighted by atomic mass is 16.5. The number of nitrogens with two attached hydrogens (primary N) is 2. The molecule has 0 spiro atoms. The van der Waals surface area contributed by atoms with Gasteiger partial charge in [-0.3, -0.25) is 0 Å². The molecule has 18 heavy (non-hydrogen) atoms. The van der Waals surface area contributed by atoms with Crippen molar-refractivity contribution in [3.63, 3.8) is 0 Å². The Labute approximate surface area is 106 Å². The van der Waals surface area contributed by atoms with Gasteiger partial charge in [0, 0.05) is 17.3 Å². The molecule has 4 heteroatoms. The van der Waals surface area contributed by atoms with Gasteiger partial charge in [-0.05, 0) is 23.8 Å². The van der Waals surface area contributed by atoms with E-state index in [4.69, 9.17) is 20.9 Å². The molecule has 0 aromatic heterocycles. The molecule has 0 aliphatic carbocycles. The minimum absolute atomic E-state index is 0.550. The van der Waals surface area contributed by atoms with Crippen molar-refractivity contribution in [1.29, 1.82) is 0 Å². The number of ether oxygens (including phenoxy) is 2. The van der Waals surface area contributed by atoms with E-state index in [2.05, 4.69) is 0 Å². The third-order valence-electron chi connectivity index (χ3n) is 2.77. The van der Waals surface area contributed by atoms with Crippen LogP contribution < -0.4 is 20.9 Å². The molecule has 0 unspecified atom stereocenters. The first kappa shape index (κ1) is 12.1. The third kappa shape index (κ3) is 2.18. The van der Waals surface area contributed by atoms with Crippen LogP contribution in [-0.4, -0.2) is 14.2 Å². The van der Waals surface area contributed by atoms with Gasteiger partial charge in [-0.15, -0.1) is 0 Å². The van der Waals surface area contributed by atoms with Crippen molar-refractivity contribution in [3.05, 3.63) is 36.4 Å². The quantitative estimate of drug-likeness (QED) is 0.814. The summed E-state index contributed by atoms with van der Waals surface area (Å²) in [7, 11) is 3.20. The van der Waals surface area contributed by atoms with Gasteiger partial charge in [0.25, 0.3) is 0 Å². The molecule has 0 radical (unpaired) electrons. The van der Waals surface area contributed by atoms with Crippen LogP contribution in [0.25, 0.3) is 11.1 Å². The molecule has 0 saturated carbocycles. The molecule has 0 aliphatic rings. The van der Waals surface area contributed by atoms with Crippen LogP contribution in [0.5, 0.6) is 11.5 Å². The number of nitrogen functional groups attached to an aromatic ring is 2. The van der Waals surface area contributed by atoms with E-state index >= 15 is 0 Å². The predicted octanol–water partition coefficient (Wildman–Crippen LogP) is 2.54. The van der Waals surface area contributed by atoms with Crippen molar-refractivity contribution >= 4 is 11.4 Å². The first-order valence-electron chi connectivity index (χ1n) is 5.53. The topological polar surface area (TPSA) is 70.5 Å². The van der Waals surface area contributed by atoms with Gasteiger partial charge in [0.2, 0.25) is 0 Å². The molecule has 0 saturated heterocycles. The summed E-state index contributed by atoms with van der Waals surface area (Å²) in [5.74, 6) is 1.33. The van der Waals surface area contributed by atoms with E-state index in [9.17, 15) is 0 Å². The molecule has 0 fully saturated rings. The highest BCUT2D eigenvalue weighted by Crippen LogP contribution is 2.37. The molecule has 2 aromatic carbocycles. The van der Waals surface area contributed by atoms with Crippen LogP contribution in [-0.2, 0) is 0 Å². The fourth-order valence-electron chi connectivity index (χ4n) is 1.81. The van der Waals surface area contributed by atoms with Crippen molar-refractivity contribution in [1.82, 2.24) is 0 Å². The second kappa shape index (κ2) is 4.87. The number of hydrogen-bond acceptors (Lipinski definition) is 4. The van der Waals surface area contributed by atoms with Crippen LogP contribution in [0.3, 0.4) is 0 Å². The van der Waals surface area contributed by atoms with Gasteiger partial charge < -0.3 is 20.9 Å². The zero-order valence-electron chi connectivity index (χ0n) is 10.4. The lowest BCUT2D eigenvalue weighted by Crippen LogP contribution is -1.96. The van der Waals surface area contributed by atoms with Gasteiger partial charge in [-0.1, -0.05) is 12.1 Å². The van der Waals surface area contributed by atoms with Crippen LogP contribution in [0.2, 0.25) is 0 Å². The van der Waals surface area contributed by atoms with Gasteiger partial charge in [0.05, 0.1) is 19.9 Å². The maximum atomic E-state index is 5.85. The van der Waals surface area contributed by atoms with Gasteiger partial charge in [0.15, 0.2) is 0 Å². The van der Waals surface area contributed by atoms with E-state index in [0.29, 0.717) is 17.2 Å². The Morgan fingerprint density at radius 2 is 1.44 bits per heavy atom. The number of rotatable bonds is 3. The summed E-state index contributed by atoms with van der Waals surface area (Å²) in [6.07, 6.45) is 0. The molecular weight excluding hydrogens is 228 g/mol. The molecule has 0 bridgehead atoms. The zero-order chi connectivity index (χ0) is 13.1. The normalized spacial score (nSPS) is 10.1. The lowest BCUT2D eigenvalue weighted by atomic mass is 10.0. The third-order valence-corrected chi connectivity index (χ3v) is 2.77. The summed E-state index contributed by atoms with van der Waals surface area (Å²) in [5.41, 5.74) is 14.7. The molecule has 0 aliphatic heterocycles. The predicted molar refractivity (Wildman–Crippen MR) is 73.8 cm³/mol. The van der Waals surface area contributed by atoms with Crippen molar-refractivity contribution in [2.75, 3.05) is 25.7 Å². The zero-order valence-corrected chi connectivity index (χ0v) is 10.4.